The van der Waals surface area contributed by atoms with Crippen molar-refractivity contribution in [1.29, 1.82) is 0 Å². The van der Waals surface area contributed by atoms with Gasteiger partial charge in [0.15, 0.2) is 10.5 Å². The molecule has 0 unspecified atom stereocenters. The van der Waals surface area contributed by atoms with Crippen LogP contribution < -0.4 is 20.1 Å². The number of fused-ring (bicyclic) bond motifs is 1. The van der Waals surface area contributed by atoms with E-state index >= 15 is 0 Å². The van der Waals surface area contributed by atoms with Gasteiger partial charge in [0, 0.05) is 42.5 Å². The average molecular weight is 520 g/mol. The van der Waals surface area contributed by atoms with E-state index in [2.05, 4.69) is 35.3 Å². The Morgan fingerprint density at radius 3 is 2.41 bits per heavy atom. The Balaban J connectivity index is 1.79. The molecule has 13 heteroatoms. The van der Waals surface area contributed by atoms with Gasteiger partial charge in [0.2, 0.25) is 11.8 Å². The molecule has 0 aliphatic rings. The van der Waals surface area contributed by atoms with Gasteiger partial charge in [-0.3, -0.25) is 4.72 Å². The van der Waals surface area contributed by atoms with Gasteiger partial charge in [-0.15, -0.1) is 0 Å². The molecule has 0 aliphatic carbocycles. The molecule has 0 amide bonds. The zero-order valence-electron chi connectivity index (χ0n) is 18.2. The fraction of sp³-hybridized carbons (Fsp3) is 0.143. The molecular formula is C21H19Cl2N7O3S. The maximum atomic E-state index is 13.1. The van der Waals surface area contributed by atoms with Crippen molar-refractivity contribution in [2.45, 2.75) is 4.90 Å². The smallest absolute Gasteiger partial charge is 0.267 e. The van der Waals surface area contributed by atoms with Gasteiger partial charge in [-0.1, -0.05) is 23.2 Å². The van der Waals surface area contributed by atoms with E-state index in [0.717, 1.165) is 0 Å². The summed E-state index contributed by atoms with van der Waals surface area (Å²) in [5.41, 5.74) is 2.03. The molecule has 0 fully saturated rings. The van der Waals surface area contributed by atoms with Crippen LogP contribution in [0.5, 0.6) is 5.88 Å². The van der Waals surface area contributed by atoms with Crippen LogP contribution in [-0.4, -0.2) is 49.6 Å². The van der Waals surface area contributed by atoms with Crippen molar-refractivity contribution in [1.82, 2.24) is 19.9 Å². The highest BCUT2D eigenvalue weighted by atomic mass is 35.5. The lowest BCUT2D eigenvalue weighted by Gasteiger charge is -2.14. The molecule has 10 nitrogen and oxygen atoms in total. The van der Waals surface area contributed by atoms with Crippen molar-refractivity contribution in [3.63, 3.8) is 0 Å². The Hall–Kier alpha value is -3.41. The number of nitrogens with zero attached hydrogens (tertiary/aromatic N) is 4. The Morgan fingerprint density at radius 2 is 1.71 bits per heavy atom. The summed E-state index contributed by atoms with van der Waals surface area (Å²) in [4.78, 5) is 16.9. The lowest BCUT2D eigenvalue weighted by atomic mass is 10.0. The number of nitrogens with one attached hydrogen (secondary N) is 3. The first-order valence-electron chi connectivity index (χ1n) is 9.80. The second-order valence-electron chi connectivity index (χ2n) is 6.99. The van der Waals surface area contributed by atoms with Gasteiger partial charge in [0.1, 0.15) is 5.82 Å². The number of rotatable bonds is 7. The van der Waals surface area contributed by atoms with Crippen LogP contribution in [0.15, 0.2) is 47.6 Å². The molecule has 0 saturated carbocycles. The number of sulfonamides is 1. The van der Waals surface area contributed by atoms with Gasteiger partial charge >= 0.3 is 0 Å². The van der Waals surface area contributed by atoms with Crippen molar-refractivity contribution in [3.8, 4) is 17.0 Å². The van der Waals surface area contributed by atoms with Crippen molar-refractivity contribution in [2.75, 3.05) is 36.6 Å². The molecule has 0 spiro atoms. The van der Waals surface area contributed by atoms with Crippen LogP contribution in [-0.2, 0) is 10.0 Å². The molecule has 0 saturated heterocycles. The molecule has 1 aromatic carbocycles. The van der Waals surface area contributed by atoms with Crippen molar-refractivity contribution < 1.29 is 13.2 Å². The van der Waals surface area contributed by atoms with Crippen LogP contribution >= 0.6 is 23.2 Å². The Bertz CT molecular complexity index is 1500. The monoisotopic (exact) mass is 519 g/mol. The number of benzene rings is 1. The minimum absolute atomic E-state index is 0.0868. The zero-order chi connectivity index (χ0) is 24.5. The van der Waals surface area contributed by atoms with E-state index in [1.807, 2.05) is 6.07 Å². The molecule has 34 heavy (non-hydrogen) atoms. The van der Waals surface area contributed by atoms with Crippen molar-refractivity contribution in [3.05, 3.63) is 52.8 Å². The van der Waals surface area contributed by atoms with E-state index in [1.165, 1.54) is 25.4 Å². The van der Waals surface area contributed by atoms with Gasteiger partial charge < -0.3 is 15.4 Å². The highest BCUT2D eigenvalue weighted by molar-refractivity contribution is 7.92. The first kappa shape index (κ1) is 23.7. The van der Waals surface area contributed by atoms with E-state index in [1.54, 1.807) is 32.4 Å². The molecule has 3 N–H and O–H groups in total. The predicted octanol–water partition coefficient (Wildman–Crippen LogP) is 4.29. The standard InChI is InChI=1S/C21H19Cl2N7O3S/c1-24-19-16(6-12-9-27-21(25-2)29-18(12)28-19)11-4-13(22)7-15(5-11)30-34(31,32)17-8-14(23)10-26-20(17)33-3/h4-10,30H,1-3H3,(H2,24,25,27,28,29). The molecule has 0 radical (unpaired) electrons. The normalized spacial score (nSPS) is 11.3. The highest BCUT2D eigenvalue weighted by Crippen LogP contribution is 2.34. The summed E-state index contributed by atoms with van der Waals surface area (Å²) < 4.78 is 33.7. The Morgan fingerprint density at radius 1 is 0.912 bits per heavy atom. The molecule has 3 aromatic heterocycles. The van der Waals surface area contributed by atoms with Crippen LogP contribution in [0.4, 0.5) is 17.5 Å². The number of anilines is 3. The Labute approximate surface area is 205 Å². The molecular weight excluding hydrogens is 501 g/mol. The number of pyridine rings is 2. The Kier molecular flexibility index (Phi) is 6.60. The lowest BCUT2D eigenvalue weighted by Crippen LogP contribution is -2.15. The van der Waals surface area contributed by atoms with Gasteiger partial charge in [-0.05, 0) is 35.9 Å². The first-order chi connectivity index (χ1) is 16.2. The molecule has 4 rings (SSSR count). The first-order valence-corrected chi connectivity index (χ1v) is 12.0. The maximum absolute atomic E-state index is 13.1. The quantitative estimate of drug-likeness (QED) is 0.327. The summed E-state index contributed by atoms with van der Waals surface area (Å²) in [6, 6.07) is 7.94. The summed E-state index contributed by atoms with van der Waals surface area (Å²) in [7, 11) is 0.677. The van der Waals surface area contributed by atoms with Gasteiger partial charge in [0.25, 0.3) is 10.0 Å². The van der Waals surface area contributed by atoms with Gasteiger partial charge in [-0.2, -0.15) is 4.98 Å². The second kappa shape index (κ2) is 9.45. The van der Waals surface area contributed by atoms with Crippen LogP contribution in [0, 0.1) is 0 Å². The summed E-state index contributed by atoms with van der Waals surface area (Å²) in [5, 5.41) is 7.09. The number of hydrogen-bond acceptors (Lipinski definition) is 9. The number of methoxy groups -OCH3 is 1. The number of aromatic nitrogens is 4. The summed E-state index contributed by atoms with van der Waals surface area (Å²) >= 11 is 12.3. The summed E-state index contributed by atoms with van der Waals surface area (Å²) in [6.45, 7) is 0. The average Bonchev–Trinajstić information content (AvgIpc) is 2.82. The molecule has 0 bridgehead atoms. The van der Waals surface area contributed by atoms with Crippen LogP contribution in [0.1, 0.15) is 0 Å². The maximum Gasteiger partial charge on any atom is 0.267 e. The van der Waals surface area contributed by atoms with Crippen molar-refractivity contribution >= 4 is 61.7 Å². The predicted molar refractivity (Wildman–Crippen MR) is 133 cm³/mol. The number of ether oxygens (including phenoxy) is 1. The lowest BCUT2D eigenvalue weighted by molar-refractivity contribution is 0.385. The zero-order valence-corrected chi connectivity index (χ0v) is 20.5. The van der Waals surface area contributed by atoms with Crippen LogP contribution in [0.3, 0.4) is 0 Å². The minimum Gasteiger partial charge on any atom is -0.480 e. The van der Waals surface area contributed by atoms with E-state index in [0.29, 0.717) is 38.9 Å². The summed E-state index contributed by atoms with van der Waals surface area (Å²) in [5.74, 6) is 0.890. The topological polar surface area (TPSA) is 131 Å². The summed E-state index contributed by atoms with van der Waals surface area (Å²) in [6.07, 6.45) is 2.95. The van der Waals surface area contributed by atoms with Crippen molar-refractivity contribution in [2.24, 2.45) is 0 Å². The fourth-order valence-electron chi connectivity index (χ4n) is 3.26. The molecule has 4 aromatic rings. The third-order valence-corrected chi connectivity index (χ3v) is 6.56. The molecule has 3 heterocycles. The minimum atomic E-state index is -4.09. The fourth-order valence-corrected chi connectivity index (χ4v) is 4.91. The third-order valence-electron chi connectivity index (χ3n) is 4.76. The largest absolute Gasteiger partial charge is 0.480 e. The van der Waals surface area contributed by atoms with Gasteiger partial charge in [-0.25, -0.2) is 23.4 Å². The number of halogens is 2. The highest BCUT2D eigenvalue weighted by Gasteiger charge is 2.22. The third kappa shape index (κ3) is 4.76. The van der Waals surface area contributed by atoms with E-state index in [4.69, 9.17) is 27.9 Å². The molecule has 0 atom stereocenters. The van der Waals surface area contributed by atoms with Crippen LogP contribution in [0.2, 0.25) is 10.0 Å². The van der Waals surface area contributed by atoms with E-state index in [-0.39, 0.29) is 21.5 Å². The SMILES string of the molecule is CNc1ncc2cc(-c3cc(Cl)cc(NS(=O)(=O)c4cc(Cl)cnc4OC)c3)c(NC)nc2n1. The number of hydrogen-bond donors (Lipinski definition) is 3. The van der Waals surface area contributed by atoms with Crippen LogP contribution in [0.25, 0.3) is 22.2 Å². The van der Waals surface area contributed by atoms with Gasteiger partial charge in [0.05, 0.1) is 17.8 Å². The second-order valence-corrected chi connectivity index (χ2v) is 9.51. The van der Waals surface area contributed by atoms with E-state index in [9.17, 15) is 8.42 Å². The van der Waals surface area contributed by atoms with E-state index < -0.39 is 10.0 Å². The molecule has 176 valence electrons. The molecule has 0 aliphatic heterocycles.